The number of carbonyl (C=O) groups excluding carboxylic acids is 3. The van der Waals surface area contributed by atoms with Gasteiger partial charge < -0.3 is 28.8 Å². The minimum Gasteiger partial charge on any atom is -0.461 e. The Hall–Kier alpha value is -6.28. The van der Waals surface area contributed by atoms with E-state index < -0.39 is 11.4 Å². The second-order valence-corrected chi connectivity index (χ2v) is 17.3. The molecule has 1 fully saturated rings. The van der Waals surface area contributed by atoms with Gasteiger partial charge in [0, 0.05) is 90.0 Å². The highest BCUT2D eigenvalue weighted by Crippen LogP contribution is 2.41. The van der Waals surface area contributed by atoms with Crippen LogP contribution >= 0.6 is 0 Å². The lowest BCUT2D eigenvalue weighted by molar-refractivity contribution is -0.142. The lowest BCUT2D eigenvalue weighted by Crippen LogP contribution is -2.44. The number of H-pyrrole nitrogens is 1. The Kier molecular flexibility index (Phi) is 8.99. The van der Waals surface area contributed by atoms with E-state index in [9.17, 15) is 14.4 Å². The lowest BCUT2D eigenvalue weighted by atomic mass is 9.90. The summed E-state index contributed by atoms with van der Waals surface area (Å²) in [5, 5.41) is 3.58. The summed E-state index contributed by atoms with van der Waals surface area (Å²) < 4.78 is 13.1. The van der Waals surface area contributed by atoms with Crippen molar-refractivity contribution in [1.29, 1.82) is 0 Å². The first-order chi connectivity index (χ1) is 27.7. The number of esters is 1. The molecule has 9 rings (SSSR count). The van der Waals surface area contributed by atoms with E-state index in [1.54, 1.807) is 17.2 Å². The zero-order chi connectivity index (χ0) is 40.5. The SMILES string of the molecule is CC(=O)OCc1c(-c2nc(NC(=O)C(C)(C)C)nc3[nH]c(-c4ccc(N5C=CN(C6COC6)C=C5)cc4)cc23)ccnc1N1CCn2c(cc3c2CC(C)(C)C3)C1=O. The van der Waals surface area contributed by atoms with Gasteiger partial charge in [0.1, 0.15) is 23.8 Å². The van der Waals surface area contributed by atoms with Crippen LogP contribution in [0.5, 0.6) is 0 Å². The molecule has 58 heavy (non-hydrogen) atoms. The van der Waals surface area contributed by atoms with Gasteiger partial charge in [-0.3, -0.25) is 24.6 Å². The number of hydrogen-bond acceptors (Lipinski definition) is 10. The van der Waals surface area contributed by atoms with E-state index in [2.05, 4.69) is 50.9 Å². The second-order valence-electron chi connectivity index (χ2n) is 17.3. The Morgan fingerprint density at radius 3 is 2.45 bits per heavy atom. The highest BCUT2D eigenvalue weighted by Gasteiger charge is 2.38. The molecule has 298 valence electrons. The summed E-state index contributed by atoms with van der Waals surface area (Å²) in [6.45, 7) is 13.6. The Bertz CT molecular complexity index is 2520. The first kappa shape index (κ1) is 37.3. The molecule has 2 N–H and O–H groups in total. The molecule has 5 aromatic rings. The van der Waals surface area contributed by atoms with Crippen LogP contribution in [-0.4, -0.2) is 73.0 Å². The average molecular weight is 782 g/mol. The van der Waals surface area contributed by atoms with Gasteiger partial charge in [0.2, 0.25) is 11.9 Å². The van der Waals surface area contributed by atoms with Crippen molar-refractivity contribution in [2.24, 2.45) is 10.8 Å². The van der Waals surface area contributed by atoms with Crippen molar-refractivity contribution in [2.75, 3.05) is 34.9 Å². The summed E-state index contributed by atoms with van der Waals surface area (Å²) in [4.78, 5) is 63.7. The number of aromatic amines is 1. The van der Waals surface area contributed by atoms with Crippen molar-refractivity contribution >= 4 is 46.3 Å². The number of anilines is 3. The van der Waals surface area contributed by atoms with Crippen LogP contribution in [0, 0.1) is 10.8 Å². The standard InChI is InChI=1S/C44H47N9O5/c1-26(54)58-25-33-31(11-12-45-39(33)53-18-17-52-35(40(53)55)19-28-21-44(5,6)22-36(28)52)37-32-20-34(46-38(32)48-42(47-37)49-41(56)43(2,3)4)27-7-9-29(10-8-27)50-13-15-51(16-14-50)30-23-57-24-30/h7-16,19-20,30H,17-18,21-25H2,1-6H3,(H2,46,47,48,49,56). The second kappa shape index (κ2) is 14.0. The van der Waals surface area contributed by atoms with Crippen LogP contribution in [0.3, 0.4) is 0 Å². The highest BCUT2D eigenvalue weighted by atomic mass is 16.5. The Morgan fingerprint density at radius 2 is 1.76 bits per heavy atom. The van der Waals surface area contributed by atoms with E-state index in [0.29, 0.717) is 58.5 Å². The number of carbonyl (C=O) groups is 3. The van der Waals surface area contributed by atoms with Crippen LogP contribution in [-0.2, 0) is 45.1 Å². The van der Waals surface area contributed by atoms with Gasteiger partial charge in [0.25, 0.3) is 5.91 Å². The topological polar surface area (TPSA) is 151 Å². The van der Waals surface area contributed by atoms with E-state index in [4.69, 9.17) is 24.4 Å². The molecule has 0 atom stereocenters. The maximum absolute atomic E-state index is 14.3. The average Bonchev–Trinajstić information content (AvgIpc) is 3.83. The molecule has 14 nitrogen and oxygen atoms in total. The largest absolute Gasteiger partial charge is 0.461 e. The molecule has 1 saturated heterocycles. The normalized spacial score (nSPS) is 17.4. The van der Waals surface area contributed by atoms with E-state index in [1.807, 2.05) is 69.6 Å². The fraction of sp³-hybridized carbons (Fsp3) is 0.364. The van der Waals surface area contributed by atoms with Crippen LogP contribution in [0.4, 0.5) is 17.5 Å². The number of pyridine rings is 1. The van der Waals surface area contributed by atoms with Gasteiger partial charge in [-0.2, -0.15) is 4.98 Å². The first-order valence-corrected chi connectivity index (χ1v) is 19.7. The number of rotatable bonds is 8. The smallest absolute Gasteiger partial charge is 0.302 e. The number of ether oxygens (including phenoxy) is 2. The van der Waals surface area contributed by atoms with Crippen LogP contribution in [0.15, 0.2) is 73.5 Å². The highest BCUT2D eigenvalue weighted by molar-refractivity contribution is 6.07. The molecule has 0 unspecified atom stereocenters. The Labute approximate surface area is 336 Å². The number of aromatic nitrogens is 5. The van der Waals surface area contributed by atoms with Crippen LogP contribution in [0.1, 0.15) is 68.9 Å². The van der Waals surface area contributed by atoms with Gasteiger partial charge in [-0.05, 0) is 59.7 Å². The van der Waals surface area contributed by atoms with Gasteiger partial charge in [-0.25, -0.2) is 9.97 Å². The molecule has 0 bridgehead atoms. The summed E-state index contributed by atoms with van der Waals surface area (Å²) in [6.07, 6.45) is 11.7. The number of amides is 2. The molecule has 0 saturated carbocycles. The van der Waals surface area contributed by atoms with Crippen molar-refractivity contribution in [3.63, 3.8) is 0 Å². The maximum Gasteiger partial charge on any atom is 0.302 e. The van der Waals surface area contributed by atoms with Crippen molar-refractivity contribution in [1.82, 2.24) is 29.4 Å². The van der Waals surface area contributed by atoms with E-state index >= 15 is 0 Å². The van der Waals surface area contributed by atoms with Crippen molar-refractivity contribution < 1.29 is 23.9 Å². The monoisotopic (exact) mass is 781 g/mol. The molecule has 3 aliphatic heterocycles. The number of fused-ring (bicyclic) bond motifs is 4. The molecule has 0 spiro atoms. The van der Waals surface area contributed by atoms with Crippen LogP contribution < -0.4 is 15.1 Å². The third-order valence-corrected chi connectivity index (χ3v) is 11.3. The summed E-state index contributed by atoms with van der Waals surface area (Å²) in [5.41, 5.74) is 7.32. The van der Waals surface area contributed by atoms with Gasteiger partial charge in [0.15, 0.2) is 0 Å². The molecular formula is C44H47N9O5. The molecule has 4 aromatic heterocycles. The van der Waals surface area contributed by atoms with Gasteiger partial charge in [-0.1, -0.05) is 46.8 Å². The van der Waals surface area contributed by atoms with E-state index in [-0.39, 0.29) is 29.8 Å². The van der Waals surface area contributed by atoms with Crippen molar-refractivity contribution in [3.05, 3.63) is 96.0 Å². The lowest BCUT2D eigenvalue weighted by Gasteiger charge is -2.36. The zero-order valence-corrected chi connectivity index (χ0v) is 33.6. The minimum absolute atomic E-state index is 0.110. The van der Waals surface area contributed by atoms with Crippen molar-refractivity contribution in [3.8, 4) is 22.5 Å². The maximum atomic E-state index is 14.3. The summed E-state index contributed by atoms with van der Waals surface area (Å²) in [5.74, 6) is -0.388. The number of nitrogens with zero attached hydrogens (tertiary/aromatic N) is 7. The molecule has 1 aromatic carbocycles. The Morgan fingerprint density at radius 1 is 1.00 bits per heavy atom. The number of benzene rings is 1. The third kappa shape index (κ3) is 6.80. The zero-order valence-electron chi connectivity index (χ0n) is 33.6. The molecule has 4 aliphatic rings. The van der Waals surface area contributed by atoms with E-state index in [0.717, 1.165) is 43.0 Å². The molecular weight excluding hydrogens is 735 g/mol. The molecule has 14 heteroatoms. The third-order valence-electron chi connectivity index (χ3n) is 11.3. The predicted octanol–water partition coefficient (Wildman–Crippen LogP) is 6.78. The number of nitrogens with one attached hydrogen (secondary N) is 2. The first-order valence-electron chi connectivity index (χ1n) is 19.7. The molecule has 0 radical (unpaired) electrons. The molecule has 2 amide bonds. The summed E-state index contributed by atoms with van der Waals surface area (Å²) >= 11 is 0. The summed E-state index contributed by atoms with van der Waals surface area (Å²) in [7, 11) is 0. The minimum atomic E-state index is -0.712. The number of hydrogen-bond donors (Lipinski definition) is 2. The molecule has 7 heterocycles. The van der Waals surface area contributed by atoms with E-state index in [1.165, 1.54) is 18.2 Å². The fourth-order valence-corrected chi connectivity index (χ4v) is 8.10. The quantitative estimate of drug-likeness (QED) is 0.161. The molecule has 1 aliphatic carbocycles. The van der Waals surface area contributed by atoms with Gasteiger partial charge >= 0.3 is 5.97 Å². The fourth-order valence-electron chi connectivity index (χ4n) is 8.10. The van der Waals surface area contributed by atoms with Gasteiger partial charge in [-0.15, -0.1) is 0 Å². The van der Waals surface area contributed by atoms with Crippen molar-refractivity contribution in [2.45, 2.75) is 73.6 Å². The predicted molar refractivity (Wildman–Crippen MR) is 221 cm³/mol. The van der Waals surface area contributed by atoms with Gasteiger partial charge in [0.05, 0.1) is 24.9 Å². The Balaban J connectivity index is 1.11. The van der Waals surface area contributed by atoms with Crippen LogP contribution in [0.2, 0.25) is 0 Å². The summed E-state index contributed by atoms with van der Waals surface area (Å²) in [6, 6.07) is 14.3. The van der Waals surface area contributed by atoms with Crippen LogP contribution in [0.25, 0.3) is 33.5 Å².